The van der Waals surface area contributed by atoms with Crippen molar-refractivity contribution in [2.45, 2.75) is 130 Å². The van der Waals surface area contributed by atoms with Gasteiger partial charge in [-0.05, 0) is 32.0 Å². The maximum absolute atomic E-state index is 5.89. The lowest BCUT2D eigenvalue weighted by Gasteiger charge is -2.21. The Kier molecular flexibility index (Phi) is 16.8. The first-order valence-corrected chi connectivity index (χ1v) is 14.2. The van der Waals surface area contributed by atoms with Gasteiger partial charge in [0.25, 0.3) is 0 Å². The van der Waals surface area contributed by atoms with Crippen molar-refractivity contribution in [2.24, 2.45) is 5.92 Å². The maximum atomic E-state index is 5.89. The van der Waals surface area contributed by atoms with E-state index in [-0.39, 0.29) is 0 Å². The molecule has 0 spiro atoms. The van der Waals surface area contributed by atoms with Gasteiger partial charge in [-0.2, -0.15) is 0 Å². The van der Waals surface area contributed by atoms with Crippen molar-refractivity contribution in [2.75, 3.05) is 6.61 Å². The van der Waals surface area contributed by atoms with E-state index in [0.29, 0.717) is 0 Å². The van der Waals surface area contributed by atoms with Gasteiger partial charge in [-0.15, -0.1) is 0 Å². The van der Waals surface area contributed by atoms with E-state index in [1.54, 1.807) is 0 Å². The van der Waals surface area contributed by atoms with Gasteiger partial charge in [-0.3, -0.25) is 0 Å². The lowest BCUT2D eigenvalue weighted by Crippen LogP contribution is -2.29. The molecule has 0 aliphatic rings. The second kappa shape index (κ2) is 16.6. The van der Waals surface area contributed by atoms with Crippen LogP contribution >= 0.6 is 0 Å². The van der Waals surface area contributed by atoms with Crippen LogP contribution < -0.4 is 0 Å². The molecule has 0 aromatic heterocycles. The first-order chi connectivity index (χ1) is 11.5. The van der Waals surface area contributed by atoms with E-state index in [1.165, 1.54) is 95.9 Å². The normalized spacial score (nSPS) is 12.2. The third kappa shape index (κ3) is 18.5. The largest absolute Gasteiger partial charge is 0.418 e. The monoisotopic (exact) mass is 356 g/mol. The average Bonchev–Trinajstić information content (AvgIpc) is 2.50. The molecule has 0 saturated carbocycles. The van der Waals surface area contributed by atoms with Crippen LogP contribution in [0.4, 0.5) is 0 Å². The highest BCUT2D eigenvalue weighted by atomic mass is 28.4. The van der Waals surface area contributed by atoms with Crippen LogP contribution in [-0.2, 0) is 4.43 Å². The van der Waals surface area contributed by atoms with Gasteiger partial charge in [0.15, 0.2) is 8.32 Å². The Morgan fingerprint density at radius 3 is 1.38 bits per heavy atom. The molecule has 0 radical (unpaired) electrons. The fourth-order valence-electron chi connectivity index (χ4n) is 3.51. The summed E-state index contributed by atoms with van der Waals surface area (Å²) in [4.78, 5) is 0. The van der Waals surface area contributed by atoms with Crippen LogP contribution in [0.1, 0.15) is 111 Å². The van der Waals surface area contributed by atoms with E-state index in [4.69, 9.17) is 4.43 Å². The molecule has 0 rings (SSSR count). The molecule has 0 N–H and O–H groups in total. The molecule has 0 heterocycles. The molecule has 0 amide bonds. The maximum Gasteiger partial charge on any atom is 0.186 e. The van der Waals surface area contributed by atoms with Crippen LogP contribution in [0.3, 0.4) is 0 Å². The molecule has 0 aromatic carbocycles. The molecule has 0 bridgehead atoms. The smallest absolute Gasteiger partial charge is 0.186 e. The standard InChI is InChI=1S/C22H48OSi/c1-6-23-24(4,5)21-19-17-15-13-11-9-7-8-10-12-14-16-18-20-22(2)3/h22H,6-21H2,1-5H3. The molecular weight excluding hydrogens is 308 g/mol. The minimum absolute atomic E-state index is 0.892. The van der Waals surface area contributed by atoms with Gasteiger partial charge in [0, 0.05) is 6.61 Å². The quantitative estimate of drug-likeness (QED) is 0.177. The molecule has 0 unspecified atom stereocenters. The number of hydrogen-bond acceptors (Lipinski definition) is 1. The summed E-state index contributed by atoms with van der Waals surface area (Å²) in [7, 11) is -1.31. The van der Waals surface area contributed by atoms with Crippen LogP contribution in [0, 0.1) is 5.92 Å². The van der Waals surface area contributed by atoms with Crippen LogP contribution in [0.15, 0.2) is 0 Å². The van der Waals surface area contributed by atoms with E-state index in [1.807, 2.05) is 0 Å². The summed E-state index contributed by atoms with van der Waals surface area (Å²) in [6.45, 7) is 12.4. The second-order valence-electron chi connectivity index (χ2n) is 8.72. The van der Waals surface area contributed by atoms with Crippen molar-refractivity contribution in [1.29, 1.82) is 0 Å². The number of unbranched alkanes of at least 4 members (excludes halogenated alkanes) is 12. The molecule has 0 atom stereocenters. The Bertz CT molecular complexity index is 250. The summed E-state index contributed by atoms with van der Waals surface area (Å²) >= 11 is 0. The van der Waals surface area contributed by atoms with Gasteiger partial charge < -0.3 is 4.43 Å². The Morgan fingerprint density at radius 1 is 0.625 bits per heavy atom. The highest BCUT2D eigenvalue weighted by Gasteiger charge is 2.20. The van der Waals surface area contributed by atoms with E-state index < -0.39 is 8.32 Å². The van der Waals surface area contributed by atoms with Gasteiger partial charge in [-0.25, -0.2) is 0 Å². The van der Waals surface area contributed by atoms with E-state index in [2.05, 4.69) is 33.9 Å². The Balaban J connectivity index is 3.13. The zero-order chi connectivity index (χ0) is 18.1. The summed E-state index contributed by atoms with van der Waals surface area (Å²) < 4.78 is 5.89. The highest BCUT2D eigenvalue weighted by Crippen LogP contribution is 2.18. The molecule has 146 valence electrons. The Morgan fingerprint density at radius 2 is 1.00 bits per heavy atom. The van der Waals surface area contributed by atoms with Gasteiger partial charge in [0.2, 0.25) is 0 Å². The van der Waals surface area contributed by atoms with E-state index in [0.717, 1.165) is 12.5 Å². The fraction of sp³-hybridized carbons (Fsp3) is 1.00. The minimum Gasteiger partial charge on any atom is -0.418 e. The lowest BCUT2D eigenvalue weighted by atomic mass is 10.0. The van der Waals surface area contributed by atoms with Gasteiger partial charge >= 0.3 is 0 Å². The highest BCUT2D eigenvalue weighted by molar-refractivity contribution is 6.71. The van der Waals surface area contributed by atoms with E-state index in [9.17, 15) is 0 Å². The summed E-state index contributed by atoms with van der Waals surface area (Å²) in [6, 6.07) is 1.35. The minimum atomic E-state index is -1.31. The Labute approximate surface area is 155 Å². The molecule has 0 fully saturated rings. The van der Waals surface area contributed by atoms with Crippen molar-refractivity contribution in [3.05, 3.63) is 0 Å². The first-order valence-electron chi connectivity index (χ1n) is 11.1. The van der Waals surface area contributed by atoms with Crippen molar-refractivity contribution >= 4 is 8.32 Å². The molecule has 24 heavy (non-hydrogen) atoms. The fourth-order valence-corrected chi connectivity index (χ4v) is 5.54. The summed E-state index contributed by atoms with van der Waals surface area (Å²) in [5.41, 5.74) is 0. The molecule has 0 aliphatic heterocycles. The number of rotatable bonds is 18. The third-order valence-electron chi connectivity index (χ3n) is 5.10. The van der Waals surface area contributed by atoms with E-state index >= 15 is 0 Å². The first kappa shape index (κ1) is 24.2. The lowest BCUT2D eigenvalue weighted by molar-refractivity contribution is 0.327. The van der Waals surface area contributed by atoms with Crippen molar-refractivity contribution in [1.82, 2.24) is 0 Å². The number of hydrogen-bond donors (Lipinski definition) is 0. The van der Waals surface area contributed by atoms with Crippen LogP contribution in [0.5, 0.6) is 0 Å². The predicted octanol–water partition coefficient (Wildman–Crippen LogP) is 8.35. The predicted molar refractivity (Wildman–Crippen MR) is 113 cm³/mol. The van der Waals surface area contributed by atoms with Crippen molar-refractivity contribution in [3.63, 3.8) is 0 Å². The van der Waals surface area contributed by atoms with Crippen LogP contribution in [0.2, 0.25) is 19.1 Å². The Hall–Kier alpha value is 0.177. The second-order valence-corrected chi connectivity index (χ2v) is 13.0. The summed E-state index contributed by atoms with van der Waals surface area (Å²) in [5.74, 6) is 0.892. The van der Waals surface area contributed by atoms with Crippen molar-refractivity contribution in [3.8, 4) is 0 Å². The van der Waals surface area contributed by atoms with Crippen molar-refractivity contribution < 1.29 is 4.43 Å². The van der Waals surface area contributed by atoms with Gasteiger partial charge in [0.05, 0.1) is 0 Å². The van der Waals surface area contributed by atoms with Gasteiger partial charge in [-0.1, -0.05) is 104 Å². The SMILES string of the molecule is CCO[Si](C)(C)CCCCCCCCCCCCCCCC(C)C. The average molecular weight is 357 g/mol. The van der Waals surface area contributed by atoms with Crippen LogP contribution in [0.25, 0.3) is 0 Å². The topological polar surface area (TPSA) is 9.23 Å². The molecule has 2 heteroatoms. The molecule has 0 saturated heterocycles. The molecule has 0 aromatic rings. The van der Waals surface area contributed by atoms with Crippen LogP contribution in [-0.4, -0.2) is 14.9 Å². The molecule has 1 nitrogen and oxygen atoms in total. The summed E-state index contributed by atoms with van der Waals surface area (Å²) in [5, 5.41) is 0. The molecular formula is C22H48OSi. The summed E-state index contributed by atoms with van der Waals surface area (Å²) in [6.07, 6.45) is 20.3. The van der Waals surface area contributed by atoms with Gasteiger partial charge in [0.1, 0.15) is 0 Å². The third-order valence-corrected chi connectivity index (χ3v) is 7.72. The zero-order valence-corrected chi connectivity index (χ0v) is 18.8. The molecule has 0 aliphatic carbocycles. The zero-order valence-electron chi connectivity index (χ0n) is 17.8.